The van der Waals surface area contributed by atoms with E-state index in [4.69, 9.17) is 4.74 Å². The van der Waals surface area contributed by atoms with Gasteiger partial charge >= 0.3 is 0 Å². The number of aromatic amines is 1. The van der Waals surface area contributed by atoms with Crippen LogP contribution in [0.2, 0.25) is 0 Å². The minimum Gasteiger partial charge on any atom is -0.379 e. The molecule has 1 saturated heterocycles. The lowest BCUT2D eigenvalue weighted by molar-refractivity contribution is -0.123. The second-order valence-corrected chi connectivity index (χ2v) is 9.52. The Bertz CT molecular complexity index is 1220. The van der Waals surface area contributed by atoms with Crippen molar-refractivity contribution < 1.29 is 18.3 Å². The molecule has 1 aliphatic carbocycles. The third-order valence-electron chi connectivity index (χ3n) is 6.59. The number of pyridine rings is 1. The van der Waals surface area contributed by atoms with Crippen molar-refractivity contribution in [2.75, 3.05) is 43.5 Å². The van der Waals surface area contributed by atoms with Gasteiger partial charge in [0.25, 0.3) is 0 Å². The number of nitrogens with zero attached hydrogens (tertiary/aromatic N) is 3. The molecular weight excluding hydrogens is 480 g/mol. The highest BCUT2D eigenvalue weighted by Gasteiger charge is 2.26. The van der Waals surface area contributed by atoms with Crippen molar-refractivity contribution >= 4 is 23.4 Å². The number of aromatic nitrogens is 3. The van der Waals surface area contributed by atoms with Crippen molar-refractivity contribution in [3.63, 3.8) is 0 Å². The molecule has 9 nitrogen and oxygen atoms in total. The number of hydrogen-bond acceptors (Lipinski definition) is 7. The molecule has 0 spiro atoms. The highest BCUT2D eigenvalue weighted by atomic mass is 19.1. The Labute approximate surface area is 214 Å². The monoisotopic (exact) mass is 511 g/mol. The smallest absolute Gasteiger partial charge is 0.234 e. The van der Waals surface area contributed by atoms with Gasteiger partial charge in [-0.05, 0) is 43.5 Å². The summed E-state index contributed by atoms with van der Waals surface area (Å²) in [6, 6.07) is 9.12. The van der Waals surface area contributed by atoms with Crippen molar-refractivity contribution in [3.05, 3.63) is 64.9 Å². The van der Waals surface area contributed by atoms with E-state index in [1.54, 1.807) is 12.1 Å². The van der Waals surface area contributed by atoms with E-state index in [9.17, 15) is 9.18 Å². The molecule has 3 aromatic rings. The standard InChI is InChI=1S/C26H31F2N7O2/c1-16(17-4-6-20(27)7-5-17)30-25-19(14-29-24(36)15-35-8-10-37-11-9-35)12-21(28)26(32-25)31-23-13-22(33-34-23)18-2-3-18/h4-7,12-13,16,18H,2-3,8-11,14-15H2,1H3,(H,29,36)(H3,30,31,32,33,34). The van der Waals surface area contributed by atoms with Crippen molar-refractivity contribution in [2.24, 2.45) is 0 Å². The van der Waals surface area contributed by atoms with E-state index in [-0.39, 0.29) is 36.7 Å². The maximum Gasteiger partial charge on any atom is 0.234 e. The maximum atomic E-state index is 15.1. The summed E-state index contributed by atoms with van der Waals surface area (Å²) in [4.78, 5) is 19.1. The molecule has 4 N–H and O–H groups in total. The van der Waals surface area contributed by atoms with Gasteiger partial charge in [-0.15, -0.1) is 0 Å². The summed E-state index contributed by atoms with van der Waals surface area (Å²) in [6.45, 7) is 4.84. The van der Waals surface area contributed by atoms with Gasteiger partial charge < -0.3 is 20.7 Å². The molecule has 1 amide bonds. The van der Waals surface area contributed by atoms with Gasteiger partial charge in [0.2, 0.25) is 5.91 Å². The molecule has 3 heterocycles. The first-order valence-corrected chi connectivity index (χ1v) is 12.5. The van der Waals surface area contributed by atoms with E-state index < -0.39 is 5.82 Å². The Hall–Kier alpha value is -3.57. The van der Waals surface area contributed by atoms with Gasteiger partial charge in [0.05, 0.1) is 19.8 Å². The molecule has 2 aromatic heterocycles. The molecule has 1 aliphatic heterocycles. The average Bonchev–Trinajstić information content (AvgIpc) is 3.64. The quantitative estimate of drug-likeness (QED) is 0.328. The fraction of sp³-hybridized carbons (Fsp3) is 0.423. The van der Waals surface area contributed by atoms with Crippen molar-refractivity contribution in [3.8, 4) is 0 Å². The zero-order valence-electron chi connectivity index (χ0n) is 20.7. The Balaban J connectivity index is 1.33. The van der Waals surface area contributed by atoms with Crippen LogP contribution >= 0.6 is 0 Å². The molecular formula is C26H31F2N7O2. The first-order valence-electron chi connectivity index (χ1n) is 12.5. The van der Waals surface area contributed by atoms with Crippen LogP contribution < -0.4 is 16.0 Å². The summed E-state index contributed by atoms with van der Waals surface area (Å²) < 4.78 is 33.9. The lowest BCUT2D eigenvalue weighted by Crippen LogP contribution is -2.43. The van der Waals surface area contributed by atoms with Gasteiger partial charge in [0.15, 0.2) is 17.5 Å². The predicted octanol–water partition coefficient (Wildman–Crippen LogP) is 3.83. The van der Waals surface area contributed by atoms with E-state index in [2.05, 4.69) is 31.1 Å². The Morgan fingerprint density at radius 2 is 1.92 bits per heavy atom. The topological polar surface area (TPSA) is 107 Å². The first kappa shape index (κ1) is 25.1. The molecule has 196 valence electrons. The predicted molar refractivity (Wildman–Crippen MR) is 136 cm³/mol. The van der Waals surface area contributed by atoms with Crippen LogP contribution in [-0.2, 0) is 16.1 Å². The number of nitrogens with one attached hydrogen (secondary N) is 4. The maximum absolute atomic E-state index is 15.1. The molecule has 2 aliphatic rings. The van der Waals surface area contributed by atoms with Crippen molar-refractivity contribution in [2.45, 2.75) is 38.3 Å². The van der Waals surface area contributed by atoms with Crippen LogP contribution in [0.1, 0.15) is 48.5 Å². The lowest BCUT2D eigenvalue weighted by atomic mass is 10.1. The summed E-state index contributed by atoms with van der Waals surface area (Å²) in [7, 11) is 0. The van der Waals surface area contributed by atoms with E-state index in [1.165, 1.54) is 18.2 Å². The summed E-state index contributed by atoms with van der Waals surface area (Å²) >= 11 is 0. The molecule has 1 atom stereocenters. The average molecular weight is 512 g/mol. The first-order chi connectivity index (χ1) is 17.9. The highest BCUT2D eigenvalue weighted by Crippen LogP contribution is 2.39. The van der Waals surface area contributed by atoms with Crippen LogP contribution in [0.4, 0.5) is 26.2 Å². The van der Waals surface area contributed by atoms with Crippen LogP contribution in [0.15, 0.2) is 36.4 Å². The largest absolute Gasteiger partial charge is 0.379 e. The number of benzene rings is 1. The molecule has 5 rings (SSSR count). The molecule has 2 fully saturated rings. The summed E-state index contributed by atoms with van der Waals surface area (Å²) in [6.07, 6.45) is 2.24. The molecule has 11 heteroatoms. The Kier molecular flexibility index (Phi) is 7.61. The second kappa shape index (κ2) is 11.2. The number of ether oxygens (including phenoxy) is 1. The van der Waals surface area contributed by atoms with Gasteiger partial charge in [-0.2, -0.15) is 5.10 Å². The van der Waals surface area contributed by atoms with Gasteiger partial charge in [-0.3, -0.25) is 14.8 Å². The number of morpholine rings is 1. The highest BCUT2D eigenvalue weighted by molar-refractivity contribution is 5.78. The van der Waals surface area contributed by atoms with Gasteiger partial charge in [0.1, 0.15) is 11.6 Å². The summed E-state index contributed by atoms with van der Waals surface area (Å²) in [5.41, 5.74) is 2.35. The molecule has 1 aromatic carbocycles. The zero-order valence-corrected chi connectivity index (χ0v) is 20.7. The number of rotatable bonds is 10. The summed E-state index contributed by atoms with van der Waals surface area (Å²) in [5, 5.41) is 16.3. The summed E-state index contributed by atoms with van der Waals surface area (Å²) in [5.74, 6) is 0.349. The van der Waals surface area contributed by atoms with Gasteiger partial charge in [-0.25, -0.2) is 13.8 Å². The fourth-order valence-electron chi connectivity index (χ4n) is 4.25. The van der Waals surface area contributed by atoms with Crippen LogP contribution in [0.5, 0.6) is 0 Å². The normalized spacial score (nSPS) is 16.8. The number of carbonyl (C=O) groups is 1. The SMILES string of the molecule is CC(Nc1nc(Nc2cc(C3CC3)[nH]n2)c(F)cc1CNC(=O)CN1CCOCC1)c1ccc(F)cc1. The van der Waals surface area contributed by atoms with E-state index in [0.29, 0.717) is 49.4 Å². The number of anilines is 3. The third kappa shape index (κ3) is 6.60. The zero-order chi connectivity index (χ0) is 25.8. The minimum atomic E-state index is -0.562. The van der Waals surface area contributed by atoms with Gasteiger partial charge in [0, 0.05) is 48.9 Å². The van der Waals surface area contributed by atoms with Crippen LogP contribution in [0.25, 0.3) is 0 Å². The third-order valence-corrected chi connectivity index (χ3v) is 6.59. The van der Waals surface area contributed by atoms with Crippen LogP contribution in [0.3, 0.4) is 0 Å². The van der Waals surface area contributed by atoms with Crippen LogP contribution in [-0.4, -0.2) is 58.8 Å². The number of halogens is 2. The van der Waals surface area contributed by atoms with Crippen LogP contribution in [0, 0.1) is 11.6 Å². The van der Waals surface area contributed by atoms with E-state index in [1.807, 2.05) is 17.9 Å². The van der Waals surface area contributed by atoms with Gasteiger partial charge in [-0.1, -0.05) is 12.1 Å². The van der Waals surface area contributed by atoms with Crippen molar-refractivity contribution in [1.29, 1.82) is 0 Å². The second-order valence-electron chi connectivity index (χ2n) is 9.52. The Morgan fingerprint density at radius 1 is 1.16 bits per heavy atom. The molecule has 1 saturated carbocycles. The minimum absolute atomic E-state index is 0.0195. The van der Waals surface area contributed by atoms with E-state index >= 15 is 4.39 Å². The Morgan fingerprint density at radius 3 is 2.65 bits per heavy atom. The number of carbonyl (C=O) groups excluding carboxylic acids is 1. The van der Waals surface area contributed by atoms with E-state index in [0.717, 1.165) is 24.1 Å². The lowest BCUT2D eigenvalue weighted by Gasteiger charge is -2.26. The van der Waals surface area contributed by atoms with Crippen molar-refractivity contribution in [1.82, 2.24) is 25.4 Å². The fourth-order valence-corrected chi connectivity index (χ4v) is 4.25. The molecule has 37 heavy (non-hydrogen) atoms. The number of amides is 1. The number of H-pyrrole nitrogens is 1. The molecule has 0 bridgehead atoms. The molecule has 1 unspecified atom stereocenters. The number of hydrogen-bond donors (Lipinski definition) is 4. The molecule has 0 radical (unpaired) electrons.